The number of hydrogen-bond donors (Lipinski definition) is 0. The molecule has 0 radical (unpaired) electrons. The van der Waals surface area contributed by atoms with E-state index < -0.39 is 0 Å². The van der Waals surface area contributed by atoms with Crippen LogP contribution in [0.4, 0.5) is 0 Å². The summed E-state index contributed by atoms with van der Waals surface area (Å²) in [6, 6.07) is 58.2. The monoisotopic (exact) mass is 695 g/mol. The molecule has 0 saturated carbocycles. The molecule has 0 atom stereocenters. The first-order valence-electron chi connectivity index (χ1n) is 17.9. The molecule has 10 rings (SSSR count). The summed E-state index contributed by atoms with van der Waals surface area (Å²) in [6.07, 6.45) is 0. The van der Waals surface area contributed by atoms with Crippen molar-refractivity contribution in [3.63, 3.8) is 0 Å². The molecule has 0 spiro atoms. The Labute approximate surface area is 311 Å². The van der Waals surface area contributed by atoms with E-state index in [1.807, 2.05) is 72.0 Å². The summed E-state index contributed by atoms with van der Waals surface area (Å²) in [5.41, 5.74) is 10.4. The smallest absolute Gasteiger partial charge is 0.164 e. The van der Waals surface area contributed by atoms with Crippen LogP contribution >= 0.6 is 11.3 Å². The maximum atomic E-state index is 5.02. The van der Waals surface area contributed by atoms with Gasteiger partial charge < -0.3 is 0 Å². The Balaban J connectivity index is 1.16. The highest BCUT2D eigenvalue weighted by molar-refractivity contribution is 7.26. The van der Waals surface area contributed by atoms with E-state index in [0.29, 0.717) is 17.5 Å². The normalized spacial score (nSPS) is 11.6. The van der Waals surface area contributed by atoms with E-state index in [2.05, 4.69) is 117 Å². The predicted octanol–water partition coefficient (Wildman–Crippen LogP) is 13.5. The molecule has 0 unspecified atom stereocenters. The maximum Gasteiger partial charge on any atom is 0.164 e. The Morgan fingerprint density at radius 1 is 0.358 bits per heavy atom. The van der Waals surface area contributed by atoms with Gasteiger partial charge in [-0.3, -0.25) is 0 Å². The first kappa shape index (κ1) is 31.3. The number of aryl methyl sites for hydroxylation is 2. The fourth-order valence-electron chi connectivity index (χ4n) is 7.77. The van der Waals surface area contributed by atoms with Crippen molar-refractivity contribution in [3.8, 4) is 56.4 Å². The minimum absolute atomic E-state index is 0.651. The molecule has 0 amide bonds. The molecule has 3 nitrogen and oxygen atoms in total. The van der Waals surface area contributed by atoms with E-state index in [1.165, 1.54) is 69.5 Å². The fourth-order valence-corrected chi connectivity index (χ4v) is 9.03. The number of hydrogen-bond acceptors (Lipinski definition) is 4. The lowest BCUT2D eigenvalue weighted by Gasteiger charge is -2.15. The Kier molecular flexibility index (Phi) is 7.45. The lowest BCUT2D eigenvalue weighted by atomic mass is 9.89. The van der Waals surface area contributed by atoms with Gasteiger partial charge in [0.2, 0.25) is 0 Å². The van der Waals surface area contributed by atoms with Gasteiger partial charge >= 0.3 is 0 Å². The number of fused-ring (bicyclic) bond motifs is 6. The van der Waals surface area contributed by atoms with E-state index in [9.17, 15) is 0 Å². The van der Waals surface area contributed by atoms with Crippen LogP contribution < -0.4 is 0 Å². The van der Waals surface area contributed by atoms with Crippen LogP contribution in [-0.4, -0.2) is 15.0 Å². The quantitative estimate of drug-likeness (QED) is 0.168. The third-order valence-electron chi connectivity index (χ3n) is 10.6. The number of nitrogens with zero attached hydrogens (tertiary/aromatic N) is 3. The molecule has 53 heavy (non-hydrogen) atoms. The molecule has 2 aromatic heterocycles. The Morgan fingerprint density at radius 2 is 0.868 bits per heavy atom. The lowest BCUT2D eigenvalue weighted by Crippen LogP contribution is -2.00. The third-order valence-corrected chi connectivity index (χ3v) is 11.8. The SMILES string of the molecule is Cc1c(C)c2ccc(-c3ccc(-c4cccc(-c5nc(-c6ccccc6)nc(-c6ccccc6)n5)c4)c4sc5ccccc5c34)cc2c2ccccc12. The highest BCUT2D eigenvalue weighted by atomic mass is 32.1. The first-order chi connectivity index (χ1) is 26.1. The van der Waals surface area contributed by atoms with Crippen molar-refractivity contribution in [1.29, 1.82) is 0 Å². The lowest BCUT2D eigenvalue weighted by molar-refractivity contribution is 1.07. The largest absolute Gasteiger partial charge is 0.208 e. The van der Waals surface area contributed by atoms with Crippen molar-refractivity contribution >= 4 is 53.1 Å². The van der Waals surface area contributed by atoms with E-state index >= 15 is 0 Å². The number of rotatable bonds is 5. The molecule has 0 aliphatic carbocycles. The predicted molar refractivity (Wildman–Crippen MR) is 224 cm³/mol. The van der Waals surface area contributed by atoms with Crippen LogP contribution in [0.1, 0.15) is 11.1 Å². The van der Waals surface area contributed by atoms with Crippen LogP contribution in [-0.2, 0) is 0 Å². The molecule has 0 fully saturated rings. The highest BCUT2D eigenvalue weighted by Gasteiger charge is 2.18. The fraction of sp³-hybridized carbons (Fsp3) is 0.0408. The topological polar surface area (TPSA) is 38.7 Å². The van der Waals surface area contributed by atoms with E-state index in [4.69, 9.17) is 15.0 Å². The van der Waals surface area contributed by atoms with Crippen molar-refractivity contribution in [2.24, 2.45) is 0 Å². The van der Waals surface area contributed by atoms with Crippen molar-refractivity contribution in [3.05, 3.63) is 175 Å². The molecule has 0 aliphatic heterocycles. The van der Waals surface area contributed by atoms with Crippen LogP contribution in [0.3, 0.4) is 0 Å². The summed E-state index contributed by atoms with van der Waals surface area (Å²) >= 11 is 1.86. The molecule has 0 aliphatic rings. The summed E-state index contributed by atoms with van der Waals surface area (Å²) in [5.74, 6) is 1.96. The van der Waals surface area contributed by atoms with Gasteiger partial charge in [0.1, 0.15) is 0 Å². The third kappa shape index (κ3) is 5.30. The average molecular weight is 696 g/mol. The van der Waals surface area contributed by atoms with E-state index in [0.717, 1.165) is 22.3 Å². The zero-order chi connectivity index (χ0) is 35.5. The summed E-state index contributed by atoms with van der Waals surface area (Å²) < 4.78 is 2.55. The Bertz CT molecular complexity index is 2960. The average Bonchev–Trinajstić information content (AvgIpc) is 3.63. The molecule has 0 N–H and O–H groups in total. The molecular formula is C49H33N3S. The van der Waals surface area contributed by atoms with Gasteiger partial charge in [-0.05, 0) is 87.0 Å². The molecule has 250 valence electrons. The van der Waals surface area contributed by atoms with Gasteiger partial charge in [0, 0.05) is 36.9 Å². The molecule has 2 heterocycles. The first-order valence-corrected chi connectivity index (χ1v) is 18.8. The van der Waals surface area contributed by atoms with Gasteiger partial charge in [-0.2, -0.15) is 0 Å². The van der Waals surface area contributed by atoms with Gasteiger partial charge in [0.05, 0.1) is 0 Å². The van der Waals surface area contributed by atoms with Gasteiger partial charge in [-0.1, -0.05) is 146 Å². The summed E-state index contributed by atoms with van der Waals surface area (Å²) in [4.78, 5) is 15.0. The molecule has 4 heteroatoms. The Morgan fingerprint density at radius 3 is 1.57 bits per heavy atom. The number of aromatic nitrogens is 3. The highest BCUT2D eigenvalue weighted by Crippen LogP contribution is 2.46. The van der Waals surface area contributed by atoms with Crippen LogP contribution in [0, 0.1) is 13.8 Å². The van der Waals surface area contributed by atoms with E-state index in [-0.39, 0.29) is 0 Å². The van der Waals surface area contributed by atoms with Crippen LogP contribution in [0.15, 0.2) is 164 Å². The maximum absolute atomic E-state index is 5.02. The molecule has 10 aromatic rings. The van der Waals surface area contributed by atoms with Crippen molar-refractivity contribution in [2.45, 2.75) is 13.8 Å². The standard InChI is InChI=1S/C49H33N3S/c1-30-31(2)38-25-24-35(29-43(38)41-21-10-9-20-37(30)41)39-26-27-40(46-45(39)42-22-11-12-23-44(42)53-46)34-18-13-19-36(28-34)49-51-47(32-14-5-3-6-15-32)50-48(52-49)33-16-7-4-8-17-33/h3-29H,1-2H3. The zero-order valence-electron chi connectivity index (χ0n) is 29.3. The minimum Gasteiger partial charge on any atom is -0.208 e. The second-order valence-corrected chi connectivity index (χ2v) is 14.7. The van der Waals surface area contributed by atoms with Crippen LogP contribution in [0.25, 0.3) is 98.1 Å². The summed E-state index contributed by atoms with van der Waals surface area (Å²) in [6.45, 7) is 4.49. The minimum atomic E-state index is 0.651. The molecular weight excluding hydrogens is 663 g/mol. The van der Waals surface area contributed by atoms with Crippen molar-refractivity contribution in [1.82, 2.24) is 15.0 Å². The van der Waals surface area contributed by atoms with E-state index in [1.54, 1.807) is 0 Å². The van der Waals surface area contributed by atoms with Gasteiger partial charge in [-0.15, -0.1) is 11.3 Å². The number of thiophene rings is 1. The van der Waals surface area contributed by atoms with Gasteiger partial charge in [-0.25, -0.2) is 15.0 Å². The summed E-state index contributed by atoms with van der Waals surface area (Å²) in [5, 5.41) is 7.81. The molecule has 0 saturated heterocycles. The summed E-state index contributed by atoms with van der Waals surface area (Å²) in [7, 11) is 0. The number of benzene rings is 8. The Hall–Kier alpha value is -6.49. The zero-order valence-corrected chi connectivity index (χ0v) is 30.2. The van der Waals surface area contributed by atoms with Gasteiger partial charge in [0.25, 0.3) is 0 Å². The van der Waals surface area contributed by atoms with Crippen LogP contribution in [0.2, 0.25) is 0 Å². The van der Waals surface area contributed by atoms with Crippen molar-refractivity contribution in [2.75, 3.05) is 0 Å². The van der Waals surface area contributed by atoms with Crippen LogP contribution in [0.5, 0.6) is 0 Å². The van der Waals surface area contributed by atoms with Crippen molar-refractivity contribution < 1.29 is 0 Å². The molecule has 0 bridgehead atoms. The second kappa shape index (κ2) is 12.6. The molecule has 8 aromatic carbocycles. The van der Waals surface area contributed by atoms with Gasteiger partial charge in [0.15, 0.2) is 17.5 Å². The second-order valence-electron chi connectivity index (χ2n) is 13.6.